The highest BCUT2D eigenvalue weighted by molar-refractivity contribution is 6.42. The molecule has 0 aromatic heterocycles. The topological polar surface area (TPSA) is 27.7 Å². The Morgan fingerprint density at radius 3 is 2.38 bits per heavy atom. The molecule has 3 nitrogen and oxygen atoms in total. The van der Waals surface area contributed by atoms with Crippen molar-refractivity contribution in [2.75, 3.05) is 7.11 Å². The van der Waals surface area contributed by atoms with Crippen molar-refractivity contribution >= 4 is 29.8 Å². The van der Waals surface area contributed by atoms with E-state index in [4.69, 9.17) is 12.7 Å². The number of rotatable bonds is 5. The first-order valence-corrected chi connectivity index (χ1v) is 6.86. The van der Waals surface area contributed by atoms with Gasteiger partial charge in [-0.2, -0.15) is 0 Å². The van der Waals surface area contributed by atoms with E-state index in [0.717, 1.165) is 0 Å². The number of hydrogen-bond donors (Lipinski definition) is 0. The van der Waals surface area contributed by atoms with Gasteiger partial charge in [0.1, 0.15) is 9.76 Å². The first kappa shape index (κ1) is 8.53. The lowest BCUT2D eigenvalue weighted by Gasteiger charge is -1.99. The molecule has 0 aliphatic carbocycles. The average Bonchev–Trinajstić information content (AvgIpc) is 1.81. The predicted octanol–water partition coefficient (Wildman–Crippen LogP) is -2.20. The molecule has 50 valence electrons. The molecule has 0 amide bonds. The maximum Gasteiger partial charge on any atom is 0.295 e. The van der Waals surface area contributed by atoms with Crippen LogP contribution < -0.4 is 0 Å². The van der Waals surface area contributed by atoms with Crippen LogP contribution in [0.1, 0.15) is 0 Å². The molecule has 0 saturated heterocycles. The van der Waals surface area contributed by atoms with Crippen molar-refractivity contribution in [2.24, 2.45) is 0 Å². The summed E-state index contributed by atoms with van der Waals surface area (Å²) in [4.78, 5) is 0. The molecular weight excluding hydrogens is 156 g/mol. The van der Waals surface area contributed by atoms with Gasteiger partial charge in [-0.05, 0) is 0 Å². The zero-order chi connectivity index (χ0) is 6.24. The van der Waals surface area contributed by atoms with Gasteiger partial charge in [-0.1, -0.05) is 6.55 Å². The third-order valence-electron chi connectivity index (χ3n) is 0.572. The summed E-state index contributed by atoms with van der Waals surface area (Å²) >= 11 is 0. The van der Waals surface area contributed by atoms with E-state index >= 15 is 0 Å². The molecule has 0 aromatic rings. The Morgan fingerprint density at radius 2 is 1.88 bits per heavy atom. The molecule has 0 aromatic carbocycles. The van der Waals surface area contributed by atoms with Crippen LogP contribution in [-0.4, -0.2) is 36.9 Å². The van der Waals surface area contributed by atoms with E-state index in [1.165, 1.54) is 0 Å². The second-order valence-corrected chi connectivity index (χ2v) is 6.11. The van der Waals surface area contributed by atoms with Gasteiger partial charge in [0.2, 0.25) is 0 Å². The molecule has 8 heavy (non-hydrogen) atoms. The van der Waals surface area contributed by atoms with Gasteiger partial charge >= 0.3 is 0 Å². The molecule has 0 bridgehead atoms. The molecule has 0 saturated carbocycles. The Morgan fingerprint density at radius 1 is 1.12 bits per heavy atom. The van der Waals surface area contributed by atoms with Crippen LogP contribution in [0.15, 0.2) is 0 Å². The Hall–Kier alpha value is 0.531. The van der Waals surface area contributed by atoms with E-state index < -0.39 is 20.0 Å². The summed E-state index contributed by atoms with van der Waals surface area (Å²) in [5.74, 6) is 0. The second kappa shape index (κ2) is 7.53. The lowest BCUT2D eigenvalue weighted by Crippen LogP contribution is -2.10. The fraction of sp³-hybridized carbons (Fsp3) is 1.00. The summed E-state index contributed by atoms with van der Waals surface area (Å²) in [6, 6.07) is 0. The fourth-order valence-electron chi connectivity index (χ4n) is 0.260. The first-order chi connectivity index (χ1) is 3.91. The van der Waals surface area contributed by atoms with Crippen LogP contribution in [0.5, 0.6) is 0 Å². The monoisotopic (exact) mass is 168 g/mol. The Labute approximate surface area is 56.8 Å². The fourth-order valence-corrected chi connectivity index (χ4v) is 3.40. The van der Waals surface area contributed by atoms with Crippen molar-refractivity contribution in [3.8, 4) is 0 Å². The summed E-state index contributed by atoms with van der Waals surface area (Å²) in [6.07, 6.45) is 0. The molecule has 0 aliphatic rings. The van der Waals surface area contributed by atoms with Crippen LogP contribution in [-0.2, 0) is 12.7 Å². The molecule has 0 unspecified atom stereocenters. The Balaban J connectivity index is 2.53. The highest BCUT2D eigenvalue weighted by Gasteiger charge is 1.84. The van der Waals surface area contributed by atoms with E-state index in [0.29, 0.717) is 0 Å². The second-order valence-electron chi connectivity index (χ2n) is 1.22. The Bertz CT molecular complexity index is 37.5. The molecule has 6 heteroatoms. The smallest absolute Gasteiger partial charge is 0.295 e. The van der Waals surface area contributed by atoms with Crippen LogP contribution >= 0.6 is 0 Å². The predicted molar refractivity (Wildman–Crippen MR) is 40.7 cm³/mol. The van der Waals surface area contributed by atoms with Crippen molar-refractivity contribution in [1.82, 2.24) is 0 Å². The standard InChI is InChI=1S/C2H12O3Si3/c1-3-7-5-8-4-6-2/h6-8H2,1-2H3. The average molecular weight is 168 g/mol. The molecule has 0 radical (unpaired) electrons. The summed E-state index contributed by atoms with van der Waals surface area (Å²) in [5.41, 5.74) is 0. The molecule has 0 fully saturated rings. The van der Waals surface area contributed by atoms with Gasteiger partial charge in [-0.25, -0.2) is 0 Å². The molecular formula is C2H12O3Si3. The minimum atomic E-state index is -0.640. The normalized spacial score (nSPS) is 14.2. The summed E-state index contributed by atoms with van der Waals surface area (Å²) in [5, 5.41) is 0. The van der Waals surface area contributed by atoms with Crippen molar-refractivity contribution < 1.29 is 12.7 Å². The van der Waals surface area contributed by atoms with Gasteiger partial charge in [0.15, 0.2) is 0 Å². The van der Waals surface area contributed by atoms with Gasteiger partial charge in [-0.15, -0.1) is 0 Å². The van der Waals surface area contributed by atoms with Crippen LogP contribution in [0.2, 0.25) is 6.55 Å². The molecule has 0 heterocycles. The SMILES string of the molecule is CO[SiH2]O[SiH2]O[SiH2]C. The van der Waals surface area contributed by atoms with E-state index in [9.17, 15) is 0 Å². The largest absolute Gasteiger partial charge is 0.447 e. The van der Waals surface area contributed by atoms with Gasteiger partial charge in [0.05, 0.1) is 0 Å². The minimum Gasteiger partial charge on any atom is -0.447 e. The zero-order valence-electron chi connectivity index (χ0n) is 5.35. The van der Waals surface area contributed by atoms with Gasteiger partial charge in [-0.3, -0.25) is 0 Å². The van der Waals surface area contributed by atoms with Gasteiger partial charge in [0.25, 0.3) is 20.0 Å². The van der Waals surface area contributed by atoms with Crippen LogP contribution in [0.25, 0.3) is 0 Å². The molecule has 0 spiro atoms. The summed E-state index contributed by atoms with van der Waals surface area (Å²) in [6.45, 7) is 2.10. The van der Waals surface area contributed by atoms with Crippen LogP contribution in [0.4, 0.5) is 0 Å². The van der Waals surface area contributed by atoms with Crippen molar-refractivity contribution in [2.45, 2.75) is 6.55 Å². The Kier molecular flexibility index (Phi) is 8.03. The van der Waals surface area contributed by atoms with E-state index in [1.54, 1.807) is 7.11 Å². The molecule has 0 atom stereocenters. The lowest BCUT2D eigenvalue weighted by atomic mass is 11.8. The maximum atomic E-state index is 5.15. The van der Waals surface area contributed by atoms with Crippen LogP contribution in [0.3, 0.4) is 0 Å². The third kappa shape index (κ3) is 6.53. The minimum absolute atomic E-state index is 0.211. The van der Waals surface area contributed by atoms with Crippen molar-refractivity contribution in [3.05, 3.63) is 0 Å². The summed E-state index contributed by atoms with van der Waals surface area (Å²) < 4.78 is 15.0. The maximum absolute atomic E-state index is 5.15. The first-order valence-electron chi connectivity index (χ1n) is 2.56. The molecule has 0 N–H and O–H groups in total. The van der Waals surface area contributed by atoms with E-state index in [2.05, 4.69) is 6.55 Å². The van der Waals surface area contributed by atoms with Crippen molar-refractivity contribution in [1.29, 1.82) is 0 Å². The van der Waals surface area contributed by atoms with E-state index in [1.807, 2.05) is 0 Å². The third-order valence-corrected chi connectivity index (χ3v) is 4.44. The highest BCUT2D eigenvalue weighted by Crippen LogP contribution is 1.68. The highest BCUT2D eigenvalue weighted by atomic mass is 28.4. The molecule has 0 rings (SSSR count). The van der Waals surface area contributed by atoms with Crippen molar-refractivity contribution in [3.63, 3.8) is 0 Å². The quantitative estimate of drug-likeness (QED) is 0.344. The summed E-state index contributed by atoms with van der Waals surface area (Å²) in [7, 11) is 0.219. The number of hydrogen-bond acceptors (Lipinski definition) is 3. The van der Waals surface area contributed by atoms with E-state index in [-0.39, 0.29) is 9.76 Å². The lowest BCUT2D eigenvalue weighted by molar-refractivity contribution is 0.354. The molecule has 0 aliphatic heterocycles. The van der Waals surface area contributed by atoms with Gasteiger partial charge < -0.3 is 12.7 Å². The van der Waals surface area contributed by atoms with Crippen LogP contribution in [0, 0.1) is 0 Å². The zero-order valence-corrected chi connectivity index (χ0v) is 9.59. The van der Waals surface area contributed by atoms with Gasteiger partial charge in [0, 0.05) is 7.11 Å².